The quantitative estimate of drug-likeness (QED) is 0.789. The van der Waals surface area contributed by atoms with Crippen molar-refractivity contribution in [3.05, 3.63) is 23.8 Å². The SMILES string of the molecule is Cc1cc(NCC2CCCCN2C)ccc1O. The van der Waals surface area contributed by atoms with Crippen LogP contribution < -0.4 is 5.32 Å². The fourth-order valence-corrected chi connectivity index (χ4v) is 2.40. The second-order valence-electron chi connectivity index (χ2n) is 5.01. The van der Waals surface area contributed by atoms with Gasteiger partial charge in [0.2, 0.25) is 0 Å². The van der Waals surface area contributed by atoms with Gasteiger partial charge in [-0.3, -0.25) is 0 Å². The van der Waals surface area contributed by atoms with Crippen molar-refractivity contribution in [2.45, 2.75) is 32.2 Å². The van der Waals surface area contributed by atoms with Gasteiger partial charge in [-0.1, -0.05) is 6.42 Å². The third-order valence-electron chi connectivity index (χ3n) is 3.66. The van der Waals surface area contributed by atoms with Gasteiger partial charge >= 0.3 is 0 Å². The molecule has 3 heteroatoms. The molecule has 0 amide bonds. The first-order valence-corrected chi connectivity index (χ1v) is 6.40. The number of aryl methyl sites for hydroxylation is 1. The minimum Gasteiger partial charge on any atom is -0.508 e. The van der Waals surface area contributed by atoms with E-state index in [-0.39, 0.29) is 0 Å². The van der Waals surface area contributed by atoms with Crippen LogP contribution in [0.25, 0.3) is 0 Å². The minimum atomic E-state index is 0.366. The summed E-state index contributed by atoms with van der Waals surface area (Å²) >= 11 is 0. The molecule has 1 aliphatic rings. The first-order valence-electron chi connectivity index (χ1n) is 6.40. The molecule has 1 aromatic rings. The Bertz CT molecular complexity index is 378. The summed E-state index contributed by atoms with van der Waals surface area (Å²) in [5.41, 5.74) is 2.02. The molecule has 0 bridgehead atoms. The lowest BCUT2D eigenvalue weighted by molar-refractivity contribution is 0.194. The van der Waals surface area contributed by atoms with E-state index in [0.29, 0.717) is 11.8 Å². The van der Waals surface area contributed by atoms with Gasteiger partial charge in [0.15, 0.2) is 0 Å². The smallest absolute Gasteiger partial charge is 0.118 e. The van der Waals surface area contributed by atoms with Gasteiger partial charge in [-0.15, -0.1) is 0 Å². The number of piperidine rings is 1. The van der Waals surface area contributed by atoms with Gasteiger partial charge < -0.3 is 15.3 Å². The number of likely N-dealkylation sites (N-methyl/N-ethyl adjacent to an activating group) is 1. The van der Waals surface area contributed by atoms with Gasteiger partial charge in [-0.05, 0) is 57.1 Å². The molecule has 1 heterocycles. The first kappa shape index (κ1) is 12.2. The van der Waals surface area contributed by atoms with E-state index in [1.54, 1.807) is 6.07 Å². The number of phenolic OH excluding ortho intramolecular Hbond substituents is 1. The molecule has 3 nitrogen and oxygen atoms in total. The molecular formula is C14H22N2O. The van der Waals surface area contributed by atoms with E-state index in [1.165, 1.54) is 25.8 Å². The van der Waals surface area contributed by atoms with Crippen molar-refractivity contribution in [1.82, 2.24) is 4.90 Å². The molecule has 0 aliphatic carbocycles. The average Bonchev–Trinajstić information content (AvgIpc) is 2.32. The minimum absolute atomic E-state index is 0.366. The van der Waals surface area contributed by atoms with Crippen LogP contribution in [0.2, 0.25) is 0 Å². The van der Waals surface area contributed by atoms with E-state index >= 15 is 0 Å². The number of benzene rings is 1. The van der Waals surface area contributed by atoms with E-state index < -0.39 is 0 Å². The van der Waals surface area contributed by atoms with Crippen molar-refractivity contribution in [3.63, 3.8) is 0 Å². The van der Waals surface area contributed by atoms with Crippen LogP contribution >= 0.6 is 0 Å². The van der Waals surface area contributed by atoms with Crippen LogP contribution in [0.5, 0.6) is 5.75 Å². The molecule has 1 aliphatic heterocycles. The fourth-order valence-electron chi connectivity index (χ4n) is 2.40. The van der Waals surface area contributed by atoms with E-state index in [2.05, 4.69) is 17.3 Å². The average molecular weight is 234 g/mol. The molecule has 0 saturated carbocycles. The number of nitrogens with one attached hydrogen (secondary N) is 1. The Labute approximate surface area is 103 Å². The topological polar surface area (TPSA) is 35.5 Å². The van der Waals surface area contributed by atoms with Gasteiger partial charge in [-0.2, -0.15) is 0 Å². The standard InChI is InChI=1S/C14H22N2O/c1-11-9-12(6-7-14(11)17)15-10-13-5-3-4-8-16(13)2/h6-7,9,13,15,17H,3-5,8,10H2,1-2H3. The largest absolute Gasteiger partial charge is 0.508 e. The summed E-state index contributed by atoms with van der Waals surface area (Å²) in [5, 5.41) is 12.9. The van der Waals surface area contributed by atoms with Crippen molar-refractivity contribution in [2.24, 2.45) is 0 Å². The highest BCUT2D eigenvalue weighted by Crippen LogP contribution is 2.21. The number of hydrogen-bond acceptors (Lipinski definition) is 3. The summed E-state index contributed by atoms with van der Waals surface area (Å²) in [4.78, 5) is 2.43. The molecule has 1 atom stereocenters. The molecule has 17 heavy (non-hydrogen) atoms. The molecule has 0 radical (unpaired) electrons. The zero-order valence-electron chi connectivity index (χ0n) is 10.7. The fraction of sp³-hybridized carbons (Fsp3) is 0.571. The van der Waals surface area contributed by atoms with Crippen LogP contribution in [0.15, 0.2) is 18.2 Å². The molecule has 94 valence electrons. The molecular weight excluding hydrogens is 212 g/mol. The van der Waals surface area contributed by atoms with E-state index in [1.807, 2.05) is 19.1 Å². The maximum atomic E-state index is 9.47. The second kappa shape index (κ2) is 5.41. The molecule has 1 aromatic carbocycles. The predicted molar refractivity (Wildman–Crippen MR) is 71.6 cm³/mol. The molecule has 1 fully saturated rings. The highest BCUT2D eigenvalue weighted by Gasteiger charge is 2.18. The second-order valence-corrected chi connectivity index (χ2v) is 5.01. The van der Waals surface area contributed by atoms with Gasteiger partial charge in [-0.25, -0.2) is 0 Å². The van der Waals surface area contributed by atoms with E-state index in [0.717, 1.165) is 17.8 Å². The van der Waals surface area contributed by atoms with Gasteiger partial charge in [0.1, 0.15) is 5.75 Å². The lowest BCUT2D eigenvalue weighted by Gasteiger charge is -2.32. The normalized spacial score (nSPS) is 21.4. The number of phenols is 1. The maximum Gasteiger partial charge on any atom is 0.118 e. The van der Waals surface area contributed by atoms with E-state index in [4.69, 9.17) is 0 Å². The lowest BCUT2D eigenvalue weighted by Crippen LogP contribution is -2.40. The Morgan fingerprint density at radius 3 is 2.94 bits per heavy atom. The molecule has 0 aromatic heterocycles. The molecule has 2 rings (SSSR count). The number of nitrogens with zero attached hydrogens (tertiary/aromatic N) is 1. The third kappa shape index (κ3) is 3.13. The predicted octanol–water partition coefficient (Wildman–Crippen LogP) is 2.60. The maximum absolute atomic E-state index is 9.47. The van der Waals surface area contributed by atoms with Crippen molar-refractivity contribution >= 4 is 5.69 Å². The van der Waals surface area contributed by atoms with Crippen molar-refractivity contribution in [2.75, 3.05) is 25.5 Å². The highest BCUT2D eigenvalue weighted by atomic mass is 16.3. The number of anilines is 1. The summed E-state index contributed by atoms with van der Waals surface area (Å²) in [7, 11) is 2.20. The Morgan fingerprint density at radius 2 is 2.24 bits per heavy atom. The Hall–Kier alpha value is -1.22. The van der Waals surface area contributed by atoms with Gasteiger partial charge in [0.05, 0.1) is 0 Å². The monoisotopic (exact) mass is 234 g/mol. The van der Waals surface area contributed by atoms with Crippen LogP contribution in [0.3, 0.4) is 0 Å². The summed E-state index contributed by atoms with van der Waals surface area (Å²) in [6.45, 7) is 4.12. The Balaban J connectivity index is 1.90. The number of rotatable bonds is 3. The van der Waals surface area contributed by atoms with Gasteiger partial charge in [0.25, 0.3) is 0 Å². The van der Waals surface area contributed by atoms with Crippen LogP contribution in [0, 0.1) is 6.92 Å². The third-order valence-corrected chi connectivity index (χ3v) is 3.66. The number of aromatic hydroxyl groups is 1. The Kier molecular flexibility index (Phi) is 3.89. The number of likely N-dealkylation sites (tertiary alicyclic amines) is 1. The summed E-state index contributed by atoms with van der Waals surface area (Å²) < 4.78 is 0. The zero-order valence-corrected chi connectivity index (χ0v) is 10.7. The van der Waals surface area contributed by atoms with Crippen molar-refractivity contribution in [1.29, 1.82) is 0 Å². The lowest BCUT2D eigenvalue weighted by atomic mass is 10.0. The Morgan fingerprint density at radius 1 is 1.41 bits per heavy atom. The highest BCUT2D eigenvalue weighted by molar-refractivity contribution is 5.50. The van der Waals surface area contributed by atoms with Crippen LogP contribution in [0.4, 0.5) is 5.69 Å². The molecule has 1 saturated heterocycles. The van der Waals surface area contributed by atoms with Crippen LogP contribution in [0.1, 0.15) is 24.8 Å². The summed E-state index contributed by atoms with van der Waals surface area (Å²) in [5.74, 6) is 0.366. The number of hydrogen-bond donors (Lipinski definition) is 2. The van der Waals surface area contributed by atoms with Gasteiger partial charge in [0, 0.05) is 18.3 Å². The summed E-state index contributed by atoms with van der Waals surface area (Å²) in [6.07, 6.45) is 3.94. The van der Waals surface area contributed by atoms with Crippen LogP contribution in [-0.2, 0) is 0 Å². The van der Waals surface area contributed by atoms with E-state index in [9.17, 15) is 5.11 Å². The molecule has 1 unspecified atom stereocenters. The molecule has 0 spiro atoms. The van der Waals surface area contributed by atoms with Crippen molar-refractivity contribution < 1.29 is 5.11 Å². The zero-order chi connectivity index (χ0) is 12.3. The first-order chi connectivity index (χ1) is 8.16. The molecule has 2 N–H and O–H groups in total. The van der Waals surface area contributed by atoms with Crippen molar-refractivity contribution in [3.8, 4) is 5.75 Å². The van der Waals surface area contributed by atoms with Crippen LogP contribution in [-0.4, -0.2) is 36.2 Å². The summed E-state index contributed by atoms with van der Waals surface area (Å²) in [6, 6.07) is 6.32.